The summed E-state index contributed by atoms with van der Waals surface area (Å²) < 4.78 is 45.5. The number of hydrazone groups is 1. The van der Waals surface area contributed by atoms with Gasteiger partial charge in [-0.1, -0.05) is 17.7 Å². The molecule has 0 aliphatic heterocycles. The van der Waals surface area contributed by atoms with Crippen LogP contribution in [-0.4, -0.2) is 42.5 Å². The normalized spacial score (nSPS) is 18.0. The maximum absolute atomic E-state index is 12.8. The second-order valence-corrected chi connectivity index (χ2v) is 7.85. The molecule has 0 radical (unpaired) electrons. The molecule has 14 heteroatoms. The number of carbonyl (C=O) groups excluding carboxylic acids is 3. The minimum Gasteiger partial charge on any atom is -0.452 e. The number of benzene rings is 2. The van der Waals surface area contributed by atoms with Crippen LogP contribution in [0.2, 0.25) is 5.02 Å². The van der Waals surface area contributed by atoms with Crippen LogP contribution in [0.4, 0.5) is 28.4 Å². The first-order valence-corrected chi connectivity index (χ1v) is 10.0. The van der Waals surface area contributed by atoms with Gasteiger partial charge in [-0.2, -0.15) is 15.3 Å². The van der Waals surface area contributed by atoms with Crippen molar-refractivity contribution in [1.29, 1.82) is 0 Å². The monoisotopic (exact) mass is 515 g/mol. The van der Waals surface area contributed by atoms with Crippen LogP contribution >= 0.6 is 11.6 Å². The van der Waals surface area contributed by atoms with E-state index in [0.29, 0.717) is 21.0 Å². The zero-order valence-electron chi connectivity index (χ0n) is 18.1. The van der Waals surface area contributed by atoms with Crippen molar-refractivity contribution in [3.05, 3.63) is 58.6 Å². The van der Waals surface area contributed by atoms with E-state index in [1.807, 2.05) is 0 Å². The third-order valence-electron chi connectivity index (χ3n) is 5.07. The van der Waals surface area contributed by atoms with Crippen LogP contribution in [-0.2, 0) is 20.8 Å². The van der Waals surface area contributed by atoms with Gasteiger partial charge >= 0.3 is 24.5 Å². The molecule has 0 saturated heterocycles. The number of methoxy groups -OCH3 is 1. The van der Waals surface area contributed by atoms with Crippen LogP contribution in [0.5, 0.6) is 5.75 Å². The summed E-state index contributed by atoms with van der Waals surface area (Å²) in [6, 6.07) is 7.32. The molecule has 2 aromatic carbocycles. The molecule has 2 aromatic rings. The van der Waals surface area contributed by atoms with Crippen molar-refractivity contribution in [2.45, 2.75) is 19.7 Å². The first-order chi connectivity index (χ1) is 16.4. The molecule has 3 amide bonds. The van der Waals surface area contributed by atoms with Gasteiger partial charge in [-0.05, 0) is 55.3 Å². The molecule has 0 spiro atoms. The molecule has 1 unspecified atom stereocenters. The molecule has 2 N–H and O–H groups in total. The Hall–Kier alpha value is -3.84. The number of ether oxygens (including phenoxy) is 2. The number of hydrogen-bond donors (Lipinski definition) is 2. The van der Waals surface area contributed by atoms with Gasteiger partial charge in [0.15, 0.2) is 0 Å². The van der Waals surface area contributed by atoms with Gasteiger partial charge in [-0.25, -0.2) is 19.8 Å². The van der Waals surface area contributed by atoms with Crippen LogP contribution in [0.25, 0.3) is 0 Å². The van der Waals surface area contributed by atoms with E-state index in [9.17, 15) is 27.6 Å². The topological polar surface area (TPSA) is 127 Å². The van der Waals surface area contributed by atoms with Gasteiger partial charge in [-0.3, -0.25) is 4.89 Å². The quantitative estimate of drug-likeness (QED) is 0.453. The van der Waals surface area contributed by atoms with Gasteiger partial charge in [0.05, 0.1) is 18.5 Å². The van der Waals surface area contributed by atoms with E-state index in [2.05, 4.69) is 24.9 Å². The minimum atomic E-state index is -4.93. The fourth-order valence-corrected chi connectivity index (χ4v) is 3.70. The third-order valence-corrected chi connectivity index (χ3v) is 5.31. The summed E-state index contributed by atoms with van der Waals surface area (Å²) in [6.07, 6.45) is -6.07. The summed E-state index contributed by atoms with van der Waals surface area (Å²) in [5, 5.41) is 13.3. The van der Waals surface area contributed by atoms with Crippen molar-refractivity contribution >= 4 is 41.1 Å². The molecule has 0 bridgehead atoms. The van der Waals surface area contributed by atoms with Gasteiger partial charge < -0.3 is 9.47 Å². The van der Waals surface area contributed by atoms with E-state index >= 15 is 0 Å². The number of amides is 3. The smallest absolute Gasteiger partial charge is 0.452 e. The maximum Gasteiger partial charge on any atom is 0.573 e. The fraction of sp³-hybridized carbons (Fsp3) is 0.238. The lowest BCUT2D eigenvalue weighted by molar-refractivity contribution is -0.274. The Morgan fingerprint density at radius 3 is 2.40 bits per heavy atom. The van der Waals surface area contributed by atoms with E-state index in [0.717, 1.165) is 31.4 Å². The van der Waals surface area contributed by atoms with E-state index in [-0.39, 0.29) is 17.8 Å². The summed E-state index contributed by atoms with van der Waals surface area (Å²) in [5.74, 6) is -1.63. The molecular formula is C21H17ClF3N3O7. The van der Waals surface area contributed by atoms with Crippen molar-refractivity contribution in [3.8, 4) is 5.75 Å². The molecule has 0 saturated carbocycles. The molecule has 35 heavy (non-hydrogen) atoms. The van der Waals surface area contributed by atoms with Crippen molar-refractivity contribution in [1.82, 2.24) is 5.43 Å². The molecule has 1 aliphatic rings. The third kappa shape index (κ3) is 5.46. The SMILES string of the molecule is COC(=O)N(C(=O)NN=C1c2ccc(Cl)cc2CC1(C)C(=O)OO)c1ccc(OC(F)(F)F)cc1. The van der Waals surface area contributed by atoms with Gasteiger partial charge in [0.2, 0.25) is 0 Å². The minimum absolute atomic E-state index is 0.00954. The highest BCUT2D eigenvalue weighted by molar-refractivity contribution is 6.31. The molecule has 1 aliphatic carbocycles. The van der Waals surface area contributed by atoms with E-state index in [4.69, 9.17) is 16.9 Å². The van der Waals surface area contributed by atoms with E-state index in [1.165, 1.54) is 13.0 Å². The lowest BCUT2D eigenvalue weighted by Crippen LogP contribution is -2.44. The number of nitrogens with zero attached hydrogens (tertiary/aromatic N) is 2. The number of hydrogen-bond acceptors (Lipinski definition) is 8. The predicted octanol–water partition coefficient (Wildman–Crippen LogP) is 4.50. The Morgan fingerprint density at radius 1 is 1.17 bits per heavy atom. The van der Waals surface area contributed by atoms with Crippen molar-refractivity contribution in [3.63, 3.8) is 0 Å². The second kappa shape index (κ2) is 9.80. The highest BCUT2D eigenvalue weighted by Gasteiger charge is 2.48. The standard InChI is InChI=1S/C21H17ClF3N3O7/c1-20(17(29)35-32)10-11-9-12(22)3-8-15(11)16(20)26-27-18(30)28(19(31)33-2)13-4-6-14(7-5-13)34-21(23,24)25/h3-9,32H,10H2,1-2H3,(H,27,30). The number of alkyl halides is 3. The Bertz CT molecular complexity index is 1190. The molecule has 3 rings (SSSR count). The Morgan fingerprint density at radius 2 is 1.83 bits per heavy atom. The largest absolute Gasteiger partial charge is 0.573 e. The molecule has 0 aromatic heterocycles. The van der Waals surface area contributed by atoms with Crippen LogP contribution in [0.1, 0.15) is 18.1 Å². The van der Waals surface area contributed by atoms with Crippen LogP contribution in [0, 0.1) is 5.41 Å². The Kier molecular flexibility index (Phi) is 7.22. The summed E-state index contributed by atoms with van der Waals surface area (Å²) in [6.45, 7) is 1.42. The van der Waals surface area contributed by atoms with Gasteiger partial charge in [-0.15, -0.1) is 13.2 Å². The average molecular weight is 516 g/mol. The molecule has 10 nitrogen and oxygen atoms in total. The van der Waals surface area contributed by atoms with Crippen molar-refractivity contribution < 1.29 is 47.2 Å². The predicted molar refractivity (Wildman–Crippen MR) is 115 cm³/mol. The van der Waals surface area contributed by atoms with Gasteiger partial charge in [0, 0.05) is 10.6 Å². The van der Waals surface area contributed by atoms with Crippen LogP contribution in [0.3, 0.4) is 0 Å². The average Bonchev–Trinajstić information content (AvgIpc) is 3.08. The van der Waals surface area contributed by atoms with Gasteiger partial charge in [0.25, 0.3) is 0 Å². The number of imide groups is 1. The second-order valence-electron chi connectivity index (χ2n) is 7.41. The van der Waals surface area contributed by atoms with Crippen molar-refractivity contribution in [2.75, 3.05) is 12.0 Å². The molecule has 186 valence electrons. The number of anilines is 1. The Balaban J connectivity index is 1.93. The lowest BCUT2D eigenvalue weighted by Gasteiger charge is -2.22. The van der Waals surface area contributed by atoms with Gasteiger partial charge in [0.1, 0.15) is 11.2 Å². The van der Waals surface area contributed by atoms with E-state index in [1.54, 1.807) is 12.1 Å². The number of nitrogens with one attached hydrogen (secondary N) is 1. The van der Waals surface area contributed by atoms with Crippen LogP contribution in [0.15, 0.2) is 47.6 Å². The fourth-order valence-electron chi connectivity index (χ4n) is 3.50. The molecular weight excluding hydrogens is 499 g/mol. The highest BCUT2D eigenvalue weighted by atomic mass is 35.5. The number of fused-ring (bicyclic) bond motifs is 1. The number of urea groups is 1. The number of rotatable bonds is 4. The van der Waals surface area contributed by atoms with Crippen molar-refractivity contribution in [2.24, 2.45) is 10.5 Å². The zero-order chi connectivity index (χ0) is 26.0. The number of halogens is 4. The Labute approximate surface area is 200 Å². The summed E-state index contributed by atoms with van der Waals surface area (Å²) >= 11 is 6.01. The summed E-state index contributed by atoms with van der Waals surface area (Å²) in [5.41, 5.74) is 1.47. The summed E-state index contributed by atoms with van der Waals surface area (Å²) in [4.78, 5) is 41.8. The maximum atomic E-state index is 12.8. The number of carbonyl (C=O) groups is 3. The summed E-state index contributed by atoms with van der Waals surface area (Å²) in [7, 11) is 0.987. The molecule has 0 heterocycles. The molecule has 0 fully saturated rings. The molecule has 1 atom stereocenters. The first kappa shape index (κ1) is 25.8. The highest BCUT2D eigenvalue weighted by Crippen LogP contribution is 2.39. The lowest BCUT2D eigenvalue weighted by atomic mass is 9.85. The van der Waals surface area contributed by atoms with E-state index < -0.39 is 35.6 Å². The first-order valence-electron chi connectivity index (χ1n) is 9.66. The van der Waals surface area contributed by atoms with Crippen LogP contribution < -0.4 is 15.1 Å². The zero-order valence-corrected chi connectivity index (χ0v) is 18.8.